The number of unbranched alkanes of at least 4 members (excludes halogenated alkanes) is 1. The van der Waals surface area contributed by atoms with E-state index >= 15 is 0 Å². The molecule has 1 N–H and O–H groups in total. The Morgan fingerprint density at radius 1 is 1.24 bits per heavy atom. The van der Waals surface area contributed by atoms with Gasteiger partial charge in [0, 0.05) is 19.4 Å². The number of ketones is 1. The summed E-state index contributed by atoms with van der Waals surface area (Å²) in [6, 6.07) is 9.21. The molecule has 0 radical (unpaired) electrons. The second kappa shape index (κ2) is 9.43. The van der Waals surface area contributed by atoms with Gasteiger partial charge in [-0.05, 0) is 24.3 Å². The molecule has 1 heterocycles. The number of β-lactam (4-membered cyclic amide) rings is 1. The van der Waals surface area contributed by atoms with E-state index in [2.05, 4.69) is 11.8 Å². The molecule has 0 saturated carbocycles. The summed E-state index contributed by atoms with van der Waals surface area (Å²) in [5.74, 6) is 4.57. The number of allylic oxidation sites excluding steroid dienone is 1. The Morgan fingerprint density at radius 3 is 2.68 bits per heavy atom. The van der Waals surface area contributed by atoms with Crippen molar-refractivity contribution >= 4 is 17.7 Å². The second-order valence-electron chi connectivity index (χ2n) is 5.88. The molecule has 1 fully saturated rings. The van der Waals surface area contributed by atoms with Crippen LogP contribution in [0.2, 0.25) is 0 Å². The van der Waals surface area contributed by atoms with E-state index in [9.17, 15) is 14.4 Å². The molecule has 0 unspecified atom stereocenters. The summed E-state index contributed by atoms with van der Waals surface area (Å²) in [6.07, 6.45) is 5.73. The van der Waals surface area contributed by atoms with Gasteiger partial charge in [0.15, 0.2) is 0 Å². The minimum absolute atomic E-state index is 0.0185. The van der Waals surface area contributed by atoms with Gasteiger partial charge >= 0.3 is 5.97 Å². The fraction of sp³-hybridized carbons (Fsp3) is 0.350. The number of amides is 1. The smallest absolute Gasteiger partial charge is 0.303 e. The van der Waals surface area contributed by atoms with Crippen molar-refractivity contribution in [3.63, 3.8) is 0 Å². The van der Waals surface area contributed by atoms with Gasteiger partial charge in [0.1, 0.15) is 6.04 Å². The summed E-state index contributed by atoms with van der Waals surface area (Å²) in [7, 11) is 0. The zero-order valence-corrected chi connectivity index (χ0v) is 14.0. The van der Waals surface area contributed by atoms with Crippen LogP contribution < -0.4 is 0 Å². The molecule has 2 rings (SSSR count). The predicted octanol–water partition coefficient (Wildman–Crippen LogP) is 2.21. The number of carboxylic acids is 1. The van der Waals surface area contributed by atoms with E-state index in [0.29, 0.717) is 25.8 Å². The zero-order chi connectivity index (χ0) is 18.1. The Bertz CT molecular complexity index is 712. The molecule has 0 bridgehead atoms. The molecule has 5 nitrogen and oxygen atoms in total. The monoisotopic (exact) mass is 339 g/mol. The minimum Gasteiger partial charge on any atom is -0.481 e. The van der Waals surface area contributed by atoms with Crippen LogP contribution in [0.25, 0.3) is 0 Å². The number of aliphatic carboxylic acids is 1. The van der Waals surface area contributed by atoms with Crippen LogP contribution in [0.4, 0.5) is 0 Å². The predicted molar refractivity (Wildman–Crippen MR) is 93.7 cm³/mol. The van der Waals surface area contributed by atoms with Gasteiger partial charge in [0.05, 0.1) is 6.42 Å². The lowest BCUT2D eigenvalue weighted by molar-refractivity contribution is -0.142. The maximum absolute atomic E-state index is 11.9. The standard InChI is InChI=1S/C20H21NO4/c22-18(14-16-8-4-3-5-9-16)12-11-17-15-19(23)21(17)13-7-2-1-6-10-20(24)25/h2-5,7-9,17H,1,6,10,13-15H2,(H,24,25)/t17-/m0/s1. The van der Waals surface area contributed by atoms with Crippen LogP contribution in [-0.4, -0.2) is 40.3 Å². The van der Waals surface area contributed by atoms with Crippen LogP contribution in [-0.2, 0) is 20.8 Å². The third kappa shape index (κ3) is 6.27. The first-order valence-corrected chi connectivity index (χ1v) is 8.31. The third-order valence-corrected chi connectivity index (χ3v) is 3.88. The van der Waals surface area contributed by atoms with Gasteiger partial charge < -0.3 is 10.0 Å². The van der Waals surface area contributed by atoms with E-state index in [1.54, 1.807) is 4.90 Å². The van der Waals surface area contributed by atoms with Gasteiger partial charge in [-0.15, -0.1) is 0 Å². The van der Waals surface area contributed by atoms with Gasteiger partial charge in [-0.25, -0.2) is 0 Å². The number of carboxylic acid groups (broad SMARTS) is 1. The molecule has 130 valence electrons. The van der Waals surface area contributed by atoms with Crippen molar-refractivity contribution in [2.45, 2.75) is 38.1 Å². The van der Waals surface area contributed by atoms with Crippen molar-refractivity contribution in [1.82, 2.24) is 4.90 Å². The Morgan fingerprint density at radius 2 is 2.00 bits per heavy atom. The summed E-state index contributed by atoms with van der Waals surface area (Å²) < 4.78 is 0. The second-order valence-corrected chi connectivity index (χ2v) is 5.88. The van der Waals surface area contributed by atoms with Crippen molar-refractivity contribution in [3.05, 3.63) is 48.0 Å². The Hall–Kier alpha value is -2.87. The van der Waals surface area contributed by atoms with Gasteiger partial charge in [-0.3, -0.25) is 14.4 Å². The molecule has 1 aliphatic rings. The number of hydrogen-bond donors (Lipinski definition) is 1. The SMILES string of the molecule is O=C(O)CCCC=CCN1C(=O)C[C@@H]1C#CC(=O)Cc1ccccc1. The van der Waals surface area contributed by atoms with Crippen molar-refractivity contribution in [2.24, 2.45) is 0 Å². The normalized spacial score (nSPS) is 16.2. The number of likely N-dealkylation sites (tertiary alicyclic amines) is 1. The molecule has 0 spiro atoms. The lowest BCUT2D eigenvalue weighted by Gasteiger charge is -2.36. The summed E-state index contributed by atoms with van der Waals surface area (Å²) >= 11 is 0. The summed E-state index contributed by atoms with van der Waals surface area (Å²) in [4.78, 5) is 35.6. The van der Waals surface area contributed by atoms with E-state index < -0.39 is 5.97 Å². The number of hydrogen-bond acceptors (Lipinski definition) is 3. The molecule has 1 amide bonds. The van der Waals surface area contributed by atoms with E-state index in [-0.39, 0.29) is 30.6 Å². The fourth-order valence-electron chi connectivity index (χ4n) is 2.48. The minimum atomic E-state index is -0.804. The highest BCUT2D eigenvalue weighted by molar-refractivity contribution is 5.97. The summed E-state index contributed by atoms with van der Waals surface area (Å²) in [5, 5.41) is 8.55. The lowest BCUT2D eigenvalue weighted by atomic mass is 10.0. The third-order valence-electron chi connectivity index (χ3n) is 3.88. The van der Waals surface area contributed by atoms with Crippen LogP contribution in [0.3, 0.4) is 0 Å². The maximum atomic E-state index is 11.9. The van der Waals surface area contributed by atoms with Gasteiger partial charge in [0.25, 0.3) is 0 Å². The van der Waals surface area contributed by atoms with Gasteiger partial charge in [0.2, 0.25) is 11.7 Å². The Kier molecular flexibility index (Phi) is 6.97. The largest absolute Gasteiger partial charge is 0.481 e. The van der Waals surface area contributed by atoms with E-state index in [1.807, 2.05) is 42.5 Å². The highest BCUT2D eigenvalue weighted by atomic mass is 16.4. The molecule has 1 atom stereocenters. The number of rotatable bonds is 8. The van der Waals surface area contributed by atoms with Gasteiger partial charge in [-0.2, -0.15) is 0 Å². The van der Waals surface area contributed by atoms with Crippen molar-refractivity contribution < 1.29 is 19.5 Å². The highest BCUT2D eigenvalue weighted by Crippen LogP contribution is 2.18. The van der Waals surface area contributed by atoms with Crippen LogP contribution in [0.5, 0.6) is 0 Å². The van der Waals surface area contributed by atoms with Crippen LogP contribution in [0.15, 0.2) is 42.5 Å². The van der Waals surface area contributed by atoms with Crippen LogP contribution in [0.1, 0.15) is 31.2 Å². The number of carbonyl (C=O) groups excluding carboxylic acids is 2. The molecule has 1 aromatic rings. The topological polar surface area (TPSA) is 74.7 Å². The average Bonchev–Trinajstić information content (AvgIpc) is 2.58. The molecule has 1 aromatic carbocycles. The Labute approximate surface area is 147 Å². The van der Waals surface area contributed by atoms with Crippen molar-refractivity contribution in [2.75, 3.05) is 6.54 Å². The molecular weight excluding hydrogens is 318 g/mol. The van der Waals surface area contributed by atoms with Crippen LogP contribution in [0, 0.1) is 11.8 Å². The van der Waals surface area contributed by atoms with E-state index in [0.717, 1.165) is 5.56 Å². The number of benzene rings is 1. The molecule has 5 heteroatoms. The Balaban J connectivity index is 1.76. The molecular formula is C20H21NO4. The summed E-state index contributed by atoms with van der Waals surface area (Å²) in [5.41, 5.74) is 0.924. The van der Waals surface area contributed by atoms with Crippen molar-refractivity contribution in [3.8, 4) is 11.8 Å². The first kappa shape index (κ1) is 18.5. The van der Waals surface area contributed by atoms with Crippen molar-refractivity contribution in [1.29, 1.82) is 0 Å². The maximum Gasteiger partial charge on any atom is 0.303 e. The van der Waals surface area contributed by atoms with Gasteiger partial charge in [-0.1, -0.05) is 48.4 Å². The lowest BCUT2D eigenvalue weighted by Crippen LogP contribution is -2.51. The first-order valence-electron chi connectivity index (χ1n) is 8.31. The number of Topliss-reactive ketones (excluding diaryl/α,β-unsaturated/α-hetero) is 1. The van der Waals surface area contributed by atoms with Crippen LogP contribution >= 0.6 is 0 Å². The highest BCUT2D eigenvalue weighted by Gasteiger charge is 2.33. The zero-order valence-electron chi connectivity index (χ0n) is 14.0. The van der Waals surface area contributed by atoms with E-state index in [4.69, 9.17) is 5.11 Å². The first-order chi connectivity index (χ1) is 12.1. The molecule has 0 aromatic heterocycles. The molecule has 1 saturated heterocycles. The molecule has 0 aliphatic carbocycles. The summed E-state index contributed by atoms with van der Waals surface area (Å²) in [6.45, 7) is 0.443. The molecule has 25 heavy (non-hydrogen) atoms. The average molecular weight is 339 g/mol. The molecule has 1 aliphatic heterocycles. The number of carbonyl (C=O) groups is 3. The number of nitrogens with zero attached hydrogens (tertiary/aromatic N) is 1. The van der Waals surface area contributed by atoms with E-state index in [1.165, 1.54) is 0 Å². The quantitative estimate of drug-likeness (QED) is 0.259. The fourth-order valence-corrected chi connectivity index (χ4v) is 2.48.